The Bertz CT molecular complexity index is 277. The second-order valence-corrected chi connectivity index (χ2v) is 5.78. The second kappa shape index (κ2) is 5.36. The fourth-order valence-corrected chi connectivity index (χ4v) is 2.60. The number of ether oxygens (including phenoxy) is 1. The van der Waals surface area contributed by atoms with E-state index >= 15 is 0 Å². The highest BCUT2D eigenvalue weighted by molar-refractivity contribution is 5.77. The molecular formula is C13H24N2O2. The van der Waals surface area contributed by atoms with Gasteiger partial charge in [-0.1, -0.05) is 19.8 Å². The molecule has 1 aliphatic carbocycles. The van der Waals surface area contributed by atoms with Crippen LogP contribution >= 0.6 is 0 Å². The van der Waals surface area contributed by atoms with E-state index in [4.69, 9.17) is 4.74 Å². The molecule has 17 heavy (non-hydrogen) atoms. The lowest BCUT2D eigenvalue weighted by Gasteiger charge is -2.39. The van der Waals surface area contributed by atoms with Gasteiger partial charge in [0.15, 0.2) is 0 Å². The van der Waals surface area contributed by atoms with Crippen LogP contribution < -0.4 is 10.6 Å². The van der Waals surface area contributed by atoms with Crippen molar-refractivity contribution in [2.24, 2.45) is 5.92 Å². The average Bonchev–Trinajstić information content (AvgIpc) is 2.27. The molecular weight excluding hydrogens is 216 g/mol. The Balaban J connectivity index is 1.69. The Morgan fingerprint density at radius 3 is 2.71 bits per heavy atom. The highest BCUT2D eigenvalue weighted by Crippen LogP contribution is 2.23. The Hall–Kier alpha value is -0.610. The van der Waals surface area contributed by atoms with Crippen LogP contribution in [0.25, 0.3) is 0 Å². The minimum Gasteiger partial charge on any atom is -0.363 e. The van der Waals surface area contributed by atoms with Crippen LogP contribution in [0.5, 0.6) is 0 Å². The molecule has 4 nitrogen and oxygen atoms in total. The van der Waals surface area contributed by atoms with Crippen molar-refractivity contribution >= 4 is 5.91 Å². The maximum Gasteiger partial charge on any atom is 0.246 e. The first-order valence-corrected chi connectivity index (χ1v) is 6.73. The Kier molecular flexibility index (Phi) is 4.05. The zero-order chi connectivity index (χ0) is 12.3. The van der Waals surface area contributed by atoms with Gasteiger partial charge in [-0.25, -0.2) is 0 Å². The zero-order valence-corrected chi connectivity index (χ0v) is 10.9. The van der Waals surface area contributed by atoms with Crippen LogP contribution in [0.1, 0.15) is 39.5 Å². The third kappa shape index (κ3) is 3.42. The lowest BCUT2D eigenvalue weighted by molar-refractivity contribution is -0.137. The van der Waals surface area contributed by atoms with Gasteiger partial charge in [-0.15, -0.1) is 0 Å². The summed E-state index contributed by atoms with van der Waals surface area (Å²) in [7, 11) is 0. The second-order valence-electron chi connectivity index (χ2n) is 5.78. The molecule has 1 heterocycles. The summed E-state index contributed by atoms with van der Waals surface area (Å²) in [6, 6.07) is 0.354. The van der Waals surface area contributed by atoms with Crippen LogP contribution in [0.3, 0.4) is 0 Å². The predicted octanol–water partition coefficient (Wildman–Crippen LogP) is 1.06. The molecule has 0 bridgehead atoms. The topological polar surface area (TPSA) is 50.4 Å². The molecule has 0 radical (unpaired) electrons. The average molecular weight is 240 g/mol. The minimum atomic E-state index is -0.129. The quantitative estimate of drug-likeness (QED) is 0.772. The van der Waals surface area contributed by atoms with Crippen molar-refractivity contribution in [1.82, 2.24) is 10.6 Å². The Morgan fingerprint density at radius 2 is 2.12 bits per heavy atom. The molecule has 2 fully saturated rings. The van der Waals surface area contributed by atoms with Gasteiger partial charge in [-0.2, -0.15) is 0 Å². The molecule has 0 aromatic rings. The first-order chi connectivity index (χ1) is 8.09. The molecule has 1 saturated heterocycles. The van der Waals surface area contributed by atoms with Crippen molar-refractivity contribution in [2.45, 2.75) is 51.2 Å². The number of rotatable bonds is 4. The van der Waals surface area contributed by atoms with E-state index in [1.165, 1.54) is 19.3 Å². The highest BCUT2D eigenvalue weighted by atomic mass is 16.5. The highest BCUT2D eigenvalue weighted by Gasteiger charge is 2.33. The van der Waals surface area contributed by atoms with Gasteiger partial charge < -0.3 is 15.4 Å². The number of nitrogens with one attached hydrogen (secondary N) is 2. The predicted molar refractivity (Wildman–Crippen MR) is 66.8 cm³/mol. The smallest absolute Gasteiger partial charge is 0.246 e. The standard InChI is InChI=1S/C13H24N2O2/c1-10-5-3-4-6-11(10)15-12(16)7-17-13(2)8-14-9-13/h10-11,14H,3-9H2,1-2H3,(H,15,16). The number of carbonyl (C=O) groups is 1. The number of hydrogen-bond acceptors (Lipinski definition) is 3. The maximum absolute atomic E-state index is 11.8. The summed E-state index contributed by atoms with van der Waals surface area (Å²) in [5.41, 5.74) is -0.129. The summed E-state index contributed by atoms with van der Waals surface area (Å²) in [5, 5.41) is 6.26. The van der Waals surface area contributed by atoms with Gasteiger partial charge in [-0.05, 0) is 25.7 Å². The van der Waals surface area contributed by atoms with E-state index in [1.54, 1.807) is 0 Å². The minimum absolute atomic E-state index is 0.0388. The van der Waals surface area contributed by atoms with Crippen LogP contribution in [0, 0.1) is 5.92 Å². The summed E-state index contributed by atoms with van der Waals surface area (Å²) in [5.74, 6) is 0.644. The molecule has 0 aromatic carbocycles. The van der Waals surface area contributed by atoms with E-state index in [1.807, 2.05) is 6.92 Å². The van der Waals surface area contributed by atoms with Crippen molar-refractivity contribution in [3.63, 3.8) is 0 Å². The monoisotopic (exact) mass is 240 g/mol. The van der Waals surface area contributed by atoms with Crippen molar-refractivity contribution in [3.05, 3.63) is 0 Å². The van der Waals surface area contributed by atoms with Gasteiger partial charge in [0, 0.05) is 19.1 Å². The largest absolute Gasteiger partial charge is 0.363 e. The van der Waals surface area contributed by atoms with Gasteiger partial charge >= 0.3 is 0 Å². The maximum atomic E-state index is 11.8. The van der Waals surface area contributed by atoms with Crippen molar-refractivity contribution in [3.8, 4) is 0 Å². The van der Waals surface area contributed by atoms with Crippen LogP contribution in [0.15, 0.2) is 0 Å². The molecule has 1 saturated carbocycles. The fraction of sp³-hybridized carbons (Fsp3) is 0.923. The van der Waals surface area contributed by atoms with Gasteiger partial charge in [0.05, 0.1) is 5.60 Å². The van der Waals surface area contributed by atoms with Crippen LogP contribution in [-0.4, -0.2) is 37.2 Å². The van der Waals surface area contributed by atoms with Crippen LogP contribution in [0.4, 0.5) is 0 Å². The van der Waals surface area contributed by atoms with Gasteiger partial charge in [0.25, 0.3) is 0 Å². The Labute approximate surface area is 103 Å². The lowest BCUT2D eigenvalue weighted by Crippen LogP contribution is -2.60. The third-order valence-electron chi connectivity index (χ3n) is 4.01. The molecule has 2 unspecified atom stereocenters. The molecule has 0 spiro atoms. The number of hydrogen-bond donors (Lipinski definition) is 2. The van der Waals surface area contributed by atoms with E-state index < -0.39 is 0 Å². The van der Waals surface area contributed by atoms with Crippen LogP contribution in [0.2, 0.25) is 0 Å². The molecule has 2 N–H and O–H groups in total. The molecule has 0 aromatic heterocycles. The van der Waals surface area contributed by atoms with E-state index in [0.29, 0.717) is 12.0 Å². The zero-order valence-electron chi connectivity index (χ0n) is 10.9. The van der Waals surface area contributed by atoms with Crippen molar-refractivity contribution in [1.29, 1.82) is 0 Å². The van der Waals surface area contributed by atoms with E-state index in [2.05, 4.69) is 17.6 Å². The number of carbonyl (C=O) groups excluding carboxylic acids is 1. The van der Waals surface area contributed by atoms with Crippen molar-refractivity contribution in [2.75, 3.05) is 19.7 Å². The fourth-order valence-electron chi connectivity index (χ4n) is 2.60. The Morgan fingerprint density at radius 1 is 1.41 bits per heavy atom. The summed E-state index contributed by atoms with van der Waals surface area (Å²) < 4.78 is 5.63. The normalized spacial score (nSPS) is 31.6. The van der Waals surface area contributed by atoms with Gasteiger partial charge in [-0.3, -0.25) is 4.79 Å². The third-order valence-corrected chi connectivity index (χ3v) is 4.01. The lowest BCUT2D eigenvalue weighted by atomic mass is 9.86. The molecule has 4 heteroatoms. The van der Waals surface area contributed by atoms with Gasteiger partial charge in [0.2, 0.25) is 5.91 Å². The van der Waals surface area contributed by atoms with E-state index in [0.717, 1.165) is 19.5 Å². The van der Waals surface area contributed by atoms with Crippen LogP contribution in [-0.2, 0) is 9.53 Å². The summed E-state index contributed by atoms with van der Waals surface area (Å²) in [4.78, 5) is 11.8. The first kappa shape index (κ1) is 12.8. The first-order valence-electron chi connectivity index (χ1n) is 6.73. The molecule has 98 valence electrons. The summed E-state index contributed by atoms with van der Waals surface area (Å²) >= 11 is 0. The molecule has 2 aliphatic rings. The van der Waals surface area contributed by atoms with Gasteiger partial charge in [0.1, 0.15) is 6.61 Å². The summed E-state index contributed by atoms with van der Waals surface area (Å²) in [6.45, 7) is 6.16. The molecule has 1 amide bonds. The molecule has 1 aliphatic heterocycles. The molecule has 2 rings (SSSR count). The summed E-state index contributed by atoms with van der Waals surface area (Å²) in [6.07, 6.45) is 4.88. The van der Waals surface area contributed by atoms with Crippen molar-refractivity contribution < 1.29 is 9.53 Å². The molecule has 2 atom stereocenters. The SMILES string of the molecule is CC1CCCCC1NC(=O)COC1(C)CNC1. The number of amides is 1. The van der Waals surface area contributed by atoms with E-state index in [-0.39, 0.29) is 18.1 Å². The van der Waals surface area contributed by atoms with E-state index in [9.17, 15) is 4.79 Å².